The van der Waals surface area contributed by atoms with Crippen molar-refractivity contribution in [2.75, 3.05) is 13.1 Å². The molecular weight excluding hydrogens is 332 g/mol. The van der Waals surface area contributed by atoms with Gasteiger partial charge in [0.1, 0.15) is 0 Å². The molecule has 0 aromatic carbocycles. The first kappa shape index (κ1) is 18.4. The molecule has 3 rings (SSSR count). The molecule has 2 aliphatic rings. The van der Waals surface area contributed by atoms with E-state index in [1.54, 1.807) is 11.3 Å². The topological polar surface area (TPSA) is 49.4 Å². The molecule has 25 heavy (non-hydrogen) atoms. The summed E-state index contributed by atoms with van der Waals surface area (Å²) in [5.41, 5.74) is 1.04. The van der Waals surface area contributed by atoms with Crippen molar-refractivity contribution in [3.05, 3.63) is 21.4 Å². The molecule has 2 heterocycles. The van der Waals surface area contributed by atoms with Gasteiger partial charge in [0.2, 0.25) is 5.91 Å². The summed E-state index contributed by atoms with van der Waals surface area (Å²) in [5, 5.41) is 3.19. The van der Waals surface area contributed by atoms with Crippen LogP contribution in [0.15, 0.2) is 6.07 Å². The third-order valence-electron chi connectivity index (χ3n) is 5.31. The van der Waals surface area contributed by atoms with E-state index in [0.717, 1.165) is 49.6 Å². The van der Waals surface area contributed by atoms with Crippen LogP contribution in [0.3, 0.4) is 0 Å². The number of likely N-dealkylation sites (tertiary alicyclic amines) is 1. The zero-order chi connectivity index (χ0) is 18.2. The van der Waals surface area contributed by atoms with Crippen LogP contribution in [0.4, 0.5) is 0 Å². The molecule has 1 N–H and O–H groups in total. The van der Waals surface area contributed by atoms with Crippen molar-refractivity contribution < 1.29 is 9.59 Å². The maximum Gasteiger partial charge on any atom is 0.261 e. The number of hydrogen-bond acceptors (Lipinski definition) is 3. The van der Waals surface area contributed by atoms with Crippen LogP contribution in [0.2, 0.25) is 0 Å². The van der Waals surface area contributed by atoms with Gasteiger partial charge in [0.15, 0.2) is 0 Å². The Balaban J connectivity index is 1.54. The van der Waals surface area contributed by atoms with E-state index in [0.29, 0.717) is 0 Å². The zero-order valence-corrected chi connectivity index (χ0v) is 16.7. The van der Waals surface area contributed by atoms with Gasteiger partial charge >= 0.3 is 0 Å². The number of aryl methyl sites for hydroxylation is 1. The van der Waals surface area contributed by atoms with Gasteiger partial charge in [-0.05, 0) is 49.7 Å². The predicted octanol–water partition coefficient (Wildman–Crippen LogP) is 3.64. The average Bonchev–Trinajstić information content (AvgIpc) is 2.97. The zero-order valence-electron chi connectivity index (χ0n) is 15.9. The summed E-state index contributed by atoms with van der Waals surface area (Å²) >= 11 is 1.67. The van der Waals surface area contributed by atoms with E-state index >= 15 is 0 Å². The maximum atomic E-state index is 12.6. The molecule has 1 aromatic heterocycles. The predicted molar refractivity (Wildman–Crippen MR) is 102 cm³/mol. The lowest BCUT2D eigenvalue weighted by molar-refractivity contribution is -0.140. The second kappa shape index (κ2) is 7.10. The quantitative estimate of drug-likeness (QED) is 0.873. The highest BCUT2D eigenvalue weighted by atomic mass is 32.1. The molecule has 4 nitrogen and oxygen atoms in total. The lowest BCUT2D eigenvalue weighted by atomic mass is 9.90. The number of nitrogens with zero attached hydrogens (tertiary/aromatic N) is 1. The molecule has 1 unspecified atom stereocenters. The Bertz CT molecular complexity index is 651. The van der Waals surface area contributed by atoms with Crippen LogP contribution in [0.5, 0.6) is 0 Å². The van der Waals surface area contributed by atoms with Crippen LogP contribution in [0.25, 0.3) is 0 Å². The standard InChI is InChI=1S/C20H30N2O2S/c1-13-5-6-16-14(11-13)12-17(25-16)18(23)21-15-7-9-22(10-8-15)19(24)20(2,3)4/h12-13,15H,5-11H2,1-4H3,(H,21,23). The minimum absolute atomic E-state index is 0.0626. The normalized spacial score (nSPS) is 21.8. The molecule has 0 spiro atoms. The van der Waals surface area contributed by atoms with Crippen molar-refractivity contribution in [1.29, 1.82) is 0 Å². The minimum atomic E-state index is -0.330. The number of carbonyl (C=O) groups is 2. The van der Waals surface area contributed by atoms with Crippen LogP contribution >= 0.6 is 11.3 Å². The molecule has 0 radical (unpaired) electrons. The molecule has 0 saturated carbocycles. The summed E-state index contributed by atoms with van der Waals surface area (Å²) < 4.78 is 0. The number of rotatable bonds is 2. The molecule has 1 fully saturated rings. The van der Waals surface area contributed by atoms with E-state index < -0.39 is 0 Å². The summed E-state index contributed by atoms with van der Waals surface area (Å²) in [7, 11) is 0. The van der Waals surface area contributed by atoms with Gasteiger partial charge in [-0.25, -0.2) is 0 Å². The van der Waals surface area contributed by atoms with Crippen molar-refractivity contribution in [2.24, 2.45) is 11.3 Å². The van der Waals surface area contributed by atoms with Gasteiger partial charge in [-0.3, -0.25) is 9.59 Å². The van der Waals surface area contributed by atoms with E-state index in [4.69, 9.17) is 0 Å². The van der Waals surface area contributed by atoms with Gasteiger partial charge in [-0.1, -0.05) is 27.7 Å². The fourth-order valence-corrected chi connectivity index (χ4v) is 4.89. The van der Waals surface area contributed by atoms with Crippen LogP contribution in [-0.2, 0) is 17.6 Å². The monoisotopic (exact) mass is 362 g/mol. The summed E-state index contributed by atoms with van der Waals surface area (Å²) in [6.07, 6.45) is 5.13. The molecule has 1 atom stereocenters. The summed E-state index contributed by atoms with van der Waals surface area (Å²) in [5.74, 6) is 0.993. The van der Waals surface area contributed by atoms with Gasteiger partial charge < -0.3 is 10.2 Å². The van der Waals surface area contributed by atoms with Crippen molar-refractivity contribution in [3.63, 3.8) is 0 Å². The van der Waals surface area contributed by atoms with E-state index in [2.05, 4.69) is 18.3 Å². The fraction of sp³-hybridized carbons (Fsp3) is 0.700. The van der Waals surface area contributed by atoms with Crippen LogP contribution in [0.1, 0.15) is 67.1 Å². The third-order valence-corrected chi connectivity index (χ3v) is 6.55. The summed E-state index contributed by atoms with van der Waals surface area (Å²) in [6.45, 7) is 9.64. The Morgan fingerprint density at radius 1 is 1.20 bits per heavy atom. The number of nitrogens with one attached hydrogen (secondary N) is 1. The van der Waals surface area contributed by atoms with Crippen LogP contribution in [-0.4, -0.2) is 35.8 Å². The first-order valence-electron chi connectivity index (χ1n) is 9.46. The van der Waals surface area contributed by atoms with Crippen molar-refractivity contribution in [3.8, 4) is 0 Å². The number of piperidine rings is 1. The molecular formula is C20H30N2O2S. The highest BCUT2D eigenvalue weighted by Crippen LogP contribution is 2.32. The Kier molecular flexibility index (Phi) is 5.24. The largest absolute Gasteiger partial charge is 0.348 e. The first-order chi connectivity index (χ1) is 11.7. The molecule has 1 saturated heterocycles. The Morgan fingerprint density at radius 3 is 2.52 bits per heavy atom. The molecule has 138 valence electrons. The highest BCUT2D eigenvalue weighted by molar-refractivity contribution is 7.14. The number of amides is 2. The number of thiophene rings is 1. The van der Waals surface area contributed by atoms with E-state index in [9.17, 15) is 9.59 Å². The lowest BCUT2D eigenvalue weighted by Gasteiger charge is -2.35. The van der Waals surface area contributed by atoms with Crippen molar-refractivity contribution in [1.82, 2.24) is 10.2 Å². The van der Waals surface area contributed by atoms with Gasteiger partial charge in [-0.15, -0.1) is 11.3 Å². The first-order valence-corrected chi connectivity index (χ1v) is 10.3. The fourth-order valence-electron chi connectivity index (χ4n) is 3.78. The van der Waals surface area contributed by atoms with Crippen LogP contribution < -0.4 is 5.32 Å². The summed E-state index contributed by atoms with van der Waals surface area (Å²) in [4.78, 5) is 29.1. The van der Waals surface area contributed by atoms with Crippen molar-refractivity contribution in [2.45, 2.75) is 65.8 Å². The van der Waals surface area contributed by atoms with Gasteiger partial charge in [0.05, 0.1) is 4.88 Å². The molecule has 5 heteroatoms. The second-order valence-corrected chi connectivity index (χ2v) is 9.83. The van der Waals surface area contributed by atoms with Gasteiger partial charge in [0, 0.05) is 29.4 Å². The number of fused-ring (bicyclic) bond motifs is 1. The van der Waals surface area contributed by atoms with E-state index in [1.165, 1.54) is 16.9 Å². The average molecular weight is 363 g/mol. The molecule has 1 aliphatic heterocycles. The van der Waals surface area contributed by atoms with E-state index in [-0.39, 0.29) is 23.3 Å². The Labute approximate surface area is 155 Å². The molecule has 2 amide bonds. The number of carbonyl (C=O) groups excluding carboxylic acids is 2. The Hall–Kier alpha value is -1.36. The van der Waals surface area contributed by atoms with Crippen LogP contribution in [0, 0.1) is 11.3 Å². The molecule has 1 aromatic rings. The minimum Gasteiger partial charge on any atom is -0.348 e. The second-order valence-electron chi connectivity index (χ2n) is 8.70. The van der Waals surface area contributed by atoms with Crippen molar-refractivity contribution >= 4 is 23.2 Å². The third kappa shape index (κ3) is 4.25. The smallest absolute Gasteiger partial charge is 0.261 e. The van der Waals surface area contributed by atoms with E-state index in [1.807, 2.05) is 25.7 Å². The lowest BCUT2D eigenvalue weighted by Crippen LogP contribution is -2.49. The van der Waals surface area contributed by atoms with Gasteiger partial charge in [0.25, 0.3) is 5.91 Å². The highest BCUT2D eigenvalue weighted by Gasteiger charge is 2.31. The number of hydrogen-bond donors (Lipinski definition) is 1. The maximum absolute atomic E-state index is 12.6. The SMILES string of the molecule is CC1CCc2sc(C(=O)NC3CCN(C(=O)C(C)(C)C)CC3)cc2C1. The molecule has 1 aliphatic carbocycles. The van der Waals surface area contributed by atoms with Gasteiger partial charge in [-0.2, -0.15) is 0 Å². The summed E-state index contributed by atoms with van der Waals surface area (Å²) in [6, 6.07) is 2.28. The Morgan fingerprint density at radius 2 is 1.88 bits per heavy atom. The molecule has 0 bridgehead atoms.